The summed E-state index contributed by atoms with van der Waals surface area (Å²) in [4.78, 5) is 29.7. The molecule has 8 nitrogen and oxygen atoms in total. The van der Waals surface area contributed by atoms with Crippen molar-refractivity contribution >= 4 is 17.8 Å². The van der Waals surface area contributed by atoms with E-state index in [1.165, 1.54) is 14.0 Å². The number of carbonyl (C=O) groups excluding carboxylic acids is 2. The molecule has 0 bridgehead atoms. The van der Waals surface area contributed by atoms with Crippen molar-refractivity contribution in [2.75, 3.05) is 25.5 Å². The lowest BCUT2D eigenvalue weighted by Crippen LogP contribution is -2.48. The zero-order valence-electron chi connectivity index (χ0n) is 14.5. The number of carbonyl (C=O) groups is 2. The molecule has 1 aromatic heterocycles. The predicted octanol–water partition coefficient (Wildman–Crippen LogP) is 0.997. The number of anilines is 1. The predicted molar refractivity (Wildman–Crippen MR) is 87.5 cm³/mol. The van der Waals surface area contributed by atoms with Gasteiger partial charge in [0.2, 0.25) is 11.9 Å². The van der Waals surface area contributed by atoms with Gasteiger partial charge in [0.1, 0.15) is 5.82 Å². The fourth-order valence-corrected chi connectivity index (χ4v) is 3.86. The minimum absolute atomic E-state index is 0.0263. The van der Waals surface area contributed by atoms with E-state index >= 15 is 0 Å². The maximum atomic E-state index is 11.7. The molecule has 0 radical (unpaired) electrons. The third-order valence-electron chi connectivity index (χ3n) is 5.13. The number of methoxy groups -OCH3 is 1. The highest BCUT2D eigenvalue weighted by Gasteiger charge is 2.35. The van der Waals surface area contributed by atoms with Gasteiger partial charge in [0, 0.05) is 19.4 Å². The van der Waals surface area contributed by atoms with Crippen LogP contribution in [0.3, 0.4) is 0 Å². The summed E-state index contributed by atoms with van der Waals surface area (Å²) in [7, 11) is 1.46. The Hall–Kier alpha value is -1.96. The monoisotopic (exact) mass is 335 g/mol. The zero-order valence-corrected chi connectivity index (χ0v) is 14.5. The Morgan fingerprint density at radius 3 is 2.58 bits per heavy atom. The summed E-state index contributed by atoms with van der Waals surface area (Å²) >= 11 is 0. The lowest BCUT2D eigenvalue weighted by atomic mass is 9.92. The fourth-order valence-electron chi connectivity index (χ4n) is 3.86. The van der Waals surface area contributed by atoms with Crippen LogP contribution in [0.25, 0.3) is 0 Å². The molecular weight excluding hydrogens is 310 g/mol. The number of aryl methyl sites for hydroxylation is 1. The van der Waals surface area contributed by atoms with Crippen LogP contribution >= 0.6 is 0 Å². The molecular formula is C16H25N5O3. The highest BCUT2D eigenvalue weighted by atomic mass is 16.5. The van der Waals surface area contributed by atoms with Gasteiger partial charge in [-0.1, -0.05) is 0 Å². The molecule has 1 N–H and O–H groups in total. The fraction of sp³-hybridized carbons (Fsp3) is 0.750. The topological polar surface area (TPSA) is 89.3 Å². The summed E-state index contributed by atoms with van der Waals surface area (Å²) in [6, 6.07) is 0.571. The van der Waals surface area contributed by atoms with Crippen LogP contribution in [-0.4, -0.2) is 57.8 Å². The molecule has 8 heteroatoms. The van der Waals surface area contributed by atoms with Gasteiger partial charge in [0.15, 0.2) is 0 Å². The van der Waals surface area contributed by atoms with Gasteiger partial charge >= 0.3 is 5.97 Å². The van der Waals surface area contributed by atoms with E-state index in [-0.39, 0.29) is 23.8 Å². The highest BCUT2D eigenvalue weighted by Crippen LogP contribution is 2.31. The Morgan fingerprint density at radius 2 is 1.96 bits per heavy atom. The summed E-state index contributed by atoms with van der Waals surface area (Å²) in [6.45, 7) is 5.40. The standard InChI is InChI=1S/C16H25N5O3/c1-10-13(20-8-6-12(7-9-20)15(23)24-3)4-5-14-18-16(17-11(2)22)19-21(10)14/h10,12-13H,4-9H2,1-3H3,(H,17,19,22). The van der Waals surface area contributed by atoms with Gasteiger partial charge in [0.25, 0.3) is 0 Å². The Bertz CT molecular complexity index is 621. The molecule has 0 saturated carbocycles. The van der Waals surface area contributed by atoms with Crippen LogP contribution in [0.15, 0.2) is 0 Å². The Labute approximate surface area is 141 Å². The first kappa shape index (κ1) is 16.9. The molecule has 24 heavy (non-hydrogen) atoms. The number of likely N-dealkylation sites (tertiary alicyclic amines) is 1. The number of hydrogen-bond acceptors (Lipinski definition) is 6. The molecule has 2 aliphatic heterocycles. The molecule has 132 valence electrons. The second-order valence-electron chi connectivity index (χ2n) is 6.66. The number of hydrogen-bond donors (Lipinski definition) is 1. The first-order chi connectivity index (χ1) is 11.5. The van der Waals surface area contributed by atoms with E-state index in [4.69, 9.17) is 4.74 Å². The van der Waals surface area contributed by atoms with Gasteiger partial charge in [0.05, 0.1) is 19.1 Å². The molecule has 3 rings (SSSR count). The maximum absolute atomic E-state index is 11.7. The van der Waals surface area contributed by atoms with Crippen molar-refractivity contribution in [3.8, 4) is 0 Å². The molecule has 0 spiro atoms. The number of ether oxygens (including phenoxy) is 1. The zero-order chi connectivity index (χ0) is 17.3. The van der Waals surface area contributed by atoms with Crippen LogP contribution in [-0.2, 0) is 20.7 Å². The van der Waals surface area contributed by atoms with Crippen molar-refractivity contribution in [2.45, 2.75) is 51.6 Å². The first-order valence-electron chi connectivity index (χ1n) is 8.54. The second-order valence-corrected chi connectivity index (χ2v) is 6.66. The summed E-state index contributed by atoms with van der Waals surface area (Å²) in [5, 5.41) is 7.10. The minimum Gasteiger partial charge on any atom is -0.469 e. The number of rotatable bonds is 3. The van der Waals surface area contributed by atoms with Crippen molar-refractivity contribution in [1.29, 1.82) is 0 Å². The minimum atomic E-state index is -0.160. The van der Waals surface area contributed by atoms with Crippen LogP contribution in [0.2, 0.25) is 0 Å². The van der Waals surface area contributed by atoms with E-state index < -0.39 is 0 Å². The van der Waals surface area contributed by atoms with Crippen molar-refractivity contribution in [2.24, 2.45) is 5.92 Å². The normalized spacial score (nSPS) is 25.1. The molecule has 2 unspecified atom stereocenters. The Balaban J connectivity index is 1.66. The van der Waals surface area contributed by atoms with E-state index in [1.54, 1.807) is 0 Å². The lowest BCUT2D eigenvalue weighted by Gasteiger charge is -2.41. The third-order valence-corrected chi connectivity index (χ3v) is 5.13. The number of aromatic nitrogens is 3. The van der Waals surface area contributed by atoms with Crippen LogP contribution in [0.4, 0.5) is 5.95 Å². The lowest BCUT2D eigenvalue weighted by molar-refractivity contribution is -0.147. The van der Waals surface area contributed by atoms with Gasteiger partial charge in [-0.15, -0.1) is 5.10 Å². The van der Waals surface area contributed by atoms with Crippen molar-refractivity contribution < 1.29 is 14.3 Å². The van der Waals surface area contributed by atoms with Crippen LogP contribution in [0.1, 0.15) is 45.0 Å². The molecule has 1 amide bonds. The van der Waals surface area contributed by atoms with Gasteiger partial charge < -0.3 is 4.74 Å². The molecule has 3 heterocycles. The van der Waals surface area contributed by atoms with E-state index in [0.29, 0.717) is 12.0 Å². The van der Waals surface area contributed by atoms with Crippen LogP contribution in [0.5, 0.6) is 0 Å². The number of fused-ring (bicyclic) bond motifs is 1. The summed E-state index contributed by atoms with van der Waals surface area (Å²) < 4.78 is 6.79. The van der Waals surface area contributed by atoms with Gasteiger partial charge in [-0.05, 0) is 39.3 Å². The van der Waals surface area contributed by atoms with Gasteiger partial charge in [-0.25, -0.2) is 4.68 Å². The SMILES string of the molecule is COC(=O)C1CCN(C2CCc3nc(NC(C)=O)nn3C2C)CC1. The summed E-state index contributed by atoms with van der Waals surface area (Å²) in [5.74, 6) is 1.08. The number of esters is 1. The number of piperidine rings is 1. The van der Waals surface area contributed by atoms with E-state index in [1.807, 2.05) is 4.68 Å². The molecule has 0 aromatic carbocycles. The highest BCUT2D eigenvalue weighted by molar-refractivity contribution is 5.86. The van der Waals surface area contributed by atoms with Crippen molar-refractivity contribution in [3.63, 3.8) is 0 Å². The van der Waals surface area contributed by atoms with Crippen LogP contribution in [0, 0.1) is 5.92 Å². The van der Waals surface area contributed by atoms with Gasteiger partial charge in [-0.3, -0.25) is 19.8 Å². The van der Waals surface area contributed by atoms with E-state index in [9.17, 15) is 9.59 Å². The van der Waals surface area contributed by atoms with Crippen molar-refractivity contribution in [3.05, 3.63) is 5.82 Å². The molecule has 1 fully saturated rings. The Kier molecular flexibility index (Phi) is 4.84. The first-order valence-corrected chi connectivity index (χ1v) is 8.54. The summed E-state index contributed by atoms with van der Waals surface area (Å²) in [5.41, 5.74) is 0. The van der Waals surface area contributed by atoms with E-state index in [2.05, 4.69) is 27.2 Å². The smallest absolute Gasteiger partial charge is 0.308 e. The molecule has 2 aliphatic rings. The number of nitrogens with zero attached hydrogens (tertiary/aromatic N) is 4. The molecule has 2 atom stereocenters. The van der Waals surface area contributed by atoms with Gasteiger partial charge in [-0.2, -0.15) is 4.98 Å². The van der Waals surface area contributed by atoms with E-state index in [0.717, 1.165) is 44.6 Å². The average Bonchev–Trinajstić information content (AvgIpc) is 2.97. The number of nitrogens with one attached hydrogen (secondary N) is 1. The average molecular weight is 335 g/mol. The number of amides is 1. The largest absolute Gasteiger partial charge is 0.469 e. The maximum Gasteiger partial charge on any atom is 0.308 e. The molecule has 0 aliphatic carbocycles. The van der Waals surface area contributed by atoms with Crippen molar-refractivity contribution in [1.82, 2.24) is 19.7 Å². The van der Waals surface area contributed by atoms with Crippen LogP contribution < -0.4 is 5.32 Å². The quantitative estimate of drug-likeness (QED) is 0.829. The third kappa shape index (κ3) is 3.28. The molecule has 1 saturated heterocycles. The molecule has 1 aromatic rings. The summed E-state index contributed by atoms with van der Waals surface area (Å²) in [6.07, 6.45) is 3.55. The second kappa shape index (κ2) is 6.88. The Morgan fingerprint density at radius 1 is 1.25 bits per heavy atom.